The minimum absolute atomic E-state index is 0.0364. The number of nitrogens with two attached hydrogens (primary N) is 1. The van der Waals surface area contributed by atoms with Gasteiger partial charge in [-0.05, 0) is 30.5 Å². The Morgan fingerprint density at radius 2 is 2.04 bits per heavy atom. The molecule has 3 rings (SSSR count). The third kappa shape index (κ3) is 2.61. The first-order chi connectivity index (χ1) is 11.1. The lowest BCUT2D eigenvalue weighted by atomic mass is 9.81. The first-order valence-electron chi connectivity index (χ1n) is 7.55. The van der Waals surface area contributed by atoms with Gasteiger partial charge in [-0.25, -0.2) is 13.6 Å². The lowest BCUT2D eigenvalue weighted by Crippen LogP contribution is -2.45. The summed E-state index contributed by atoms with van der Waals surface area (Å²) in [6, 6.07) is 5.50. The molecule has 4 amide bonds. The van der Waals surface area contributed by atoms with Gasteiger partial charge in [0.25, 0.3) is 5.91 Å². The summed E-state index contributed by atoms with van der Waals surface area (Å²) in [4.78, 5) is 37.1. The highest BCUT2D eigenvalue weighted by Crippen LogP contribution is 2.43. The van der Waals surface area contributed by atoms with Gasteiger partial charge in [-0.1, -0.05) is 12.1 Å². The number of halogens is 2. The van der Waals surface area contributed by atoms with Crippen LogP contribution >= 0.6 is 0 Å². The predicted octanol–water partition coefficient (Wildman–Crippen LogP) is 1.60. The first-order valence-corrected chi connectivity index (χ1v) is 7.55. The van der Waals surface area contributed by atoms with Crippen LogP contribution in [0.1, 0.15) is 35.7 Å². The Morgan fingerprint density at radius 3 is 2.62 bits per heavy atom. The Balaban J connectivity index is 1.82. The molecule has 1 saturated heterocycles. The number of carbonyl (C=O) groups is 3. The molecule has 8 heteroatoms. The molecule has 1 atom stereocenters. The minimum atomic E-state index is -2.71. The summed E-state index contributed by atoms with van der Waals surface area (Å²) in [6.45, 7) is 1.48. The normalized spacial score (nSPS) is 26.2. The van der Waals surface area contributed by atoms with Crippen LogP contribution in [-0.4, -0.2) is 35.2 Å². The van der Waals surface area contributed by atoms with E-state index in [2.05, 4.69) is 5.32 Å². The Morgan fingerprint density at radius 1 is 1.38 bits per heavy atom. The van der Waals surface area contributed by atoms with E-state index in [1.54, 1.807) is 12.1 Å². The molecule has 1 unspecified atom stereocenters. The topological polar surface area (TPSA) is 92.5 Å². The quantitative estimate of drug-likeness (QED) is 0.817. The number of rotatable bonds is 4. The molecule has 2 aliphatic rings. The van der Waals surface area contributed by atoms with Crippen molar-refractivity contribution in [2.45, 2.75) is 31.2 Å². The maximum absolute atomic E-state index is 12.9. The second kappa shape index (κ2) is 5.25. The van der Waals surface area contributed by atoms with E-state index in [1.165, 1.54) is 19.1 Å². The van der Waals surface area contributed by atoms with Crippen molar-refractivity contribution in [1.29, 1.82) is 0 Å². The van der Waals surface area contributed by atoms with Crippen LogP contribution in [0, 0.1) is 5.92 Å². The highest BCUT2D eigenvalue weighted by atomic mass is 19.3. The molecule has 1 saturated carbocycles. The SMILES string of the molecule is CC1(c2cccc(C(N)=O)c2)NC(=O)N(CC2CC(F)(F)C2)C1=O. The number of amides is 4. The zero-order valence-electron chi connectivity index (χ0n) is 13.0. The van der Waals surface area contributed by atoms with E-state index < -0.39 is 35.2 Å². The van der Waals surface area contributed by atoms with Crippen molar-refractivity contribution in [3.63, 3.8) is 0 Å². The van der Waals surface area contributed by atoms with Gasteiger partial charge < -0.3 is 11.1 Å². The van der Waals surface area contributed by atoms with Crippen molar-refractivity contribution < 1.29 is 23.2 Å². The van der Waals surface area contributed by atoms with Crippen LogP contribution in [0.5, 0.6) is 0 Å². The Labute approximate surface area is 137 Å². The van der Waals surface area contributed by atoms with Gasteiger partial charge in [0, 0.05) is 24.9 Å². The Bertz CT molecular complexity index is 729. The van der Waals surface area contributed by atoms with Crippen LogP contribution in [0.2, 0.25) is 0 Å². The number of nitrogens with zero attached hydrogens (tertiary/aromatic N) is 1. The van der Waals surface area contributed by atoms with Gasteiger partial charge in [-0.3, -0.25) is 14.5 Å². The molecular formula is C16H17F2N3O3. The van der Waals surface area contributed by atoms with Gasteiger partial charge in [0.15, 0.2) is 0 Å². The zero-order valence-corrected chi connectivity index (χ0v) is 13.0. The number of benzene rings is 1. The fourth-order valence-corrected chi connectivity index (χ4v) is 3.21. The maximum Gasteiger partial charge on any atom is 0.325 e. The van der Waals surface area contributed by atoms with Crippen molar-refractivity contribution in [2.75, 3.05) is 6.54 Å². The molecule has 1 aliphatic carbocycles. The number of urea groups is 1. The summed E-state index contributed by atoms with van der Waals surface area (Å²) in [5, 5.41) is 2.58. The van der Waals surface area contributed by atoms with Crippen molar-refractivity contribution in [1.82, 2.24) is 10.2 Å². The Hall–Kier alpha value is -2.51. The van der Waals surface area contributed by atoms with Crippen LogP contribution < -0.4 is 11.1 Å². The van der Waals surface area contributed by atoms with E-state index in [4.69, 9.17) is 5.73 Å². The molecule has 3 N–H and O–H groups in total. The zero-order chi connectivity index (χ0) is 17.7. The van der Waals surface area contributed by atoms with Gasteiger partial charge in [0.05, 0.1) is 0 Å². The second-order valence-corrected chi connectivity index (χ2v) is 6.55. The van der Waals surface area contributed by atoms with Crippen LogP contribution in [0.3, 0.4) is 0 Å². The molecule has 2 fully saturated rings. The number of imide groups is 1. The molecule has 1 heterocycles. The summed E-state index contributed by atoms with van der Waals surface area (Å²) < 4.78 is 25.9. The van der Waals surface area contributed by atoms with Gasteiger partial charge in [-0.15, -0.1) is 0 Å². The van der Waals surface area contributed by atoms with Gasteiger partial charge in [0.2, 0.25) is 11.8 Å². The summed E-state index contributed by atoms with van der Waals surface area (Å²) in [5.74, 6) is -4.27. The fraction of sp³-hybridized carbons (Fsp3) is 0.438. The maximum atomic E-state index is 12.9. The van der Waals surface area contributed by atoms with E-state index in [0.29, 0.717) is 5.56 Å². The lowest BCUT2D eigenvalue weighted by molar-refractivity contribution is -0.137. The standard InChI is InChI=1S/C16H17F2N3O3/c1-15(11-4-2-3-10(5-11)12(19)22)13(23)21(14(24)20-15)8-9-6-16(17,18)7-9/h2-5,9H,6-8H2,1H3,(H2,19,22)(H,20,24). The average molecular weight is 337 g/mol. The number of primary amides is 1. The van der Waals surface area contributed by atoms with Gasteiger partial charge in [0.1, 0.15) is 5.54 Å². The molecule has 6 nitrogen and oxygen atoms in total. The van der Waals surface area contributed by atoms with Crippen LogP contribution in [0.15, 0.2) is 24.3 Å². The van der Waals surface area contributed by atoms with E-state index >= 15 is 0 Å². The van der Waals surface area contributed by atoms with E-state index in [9.17, 15) is 23.2 Å². The molecule has 0 radical (unpaired) electrons. The van der Waals surface area contributed by atoms with Crippen molar-refractivity contribution in [3.8, 4) is 0 Å². The van der Waals surface area contributed by atoms with Gasteiger partial charge >= 0.3 is 6.03 Å². The first kappa shape index (κ1) is 16.4. The summed E-state index contributed by atoms with van der Waals surface area (Å²) in [6.07, 6.45) is -0.643. The largest absolute Gasteiger partial charge is 0.366 e. The van der Waals surface area contributed by atoms with Crippen LogP contribution in [0.25, 0.3) is 0 Å². The highest BCUT2D eigenvalue weighted by molar-refractivity contribution is 6.07. The number of carbonyl (C=O) groups excluding carboxylic acids is 3. The number of hydrogen-bond acceptors (Lipinski definition) is 3. The number of hydrogen-bond donors (Lipinski definition) is 2. The second-order valence-electron chi connectivity index (χ2n) is 6.55. The predicted molar refractivity (Wildman–Crippen MR) is 80.2 cm³/mol. The lowest BCUT2D eigenvalue weighted by Gasteiger charge is -2.36. The molecule has 1 aliphatic heterocycles. The molecule has 0 spiro atoms. The summed E-state index contributed by atoms with van der Waals surface area (Å²) >= 11 is 0. The molecule has 1 aromatic rings. The summed E-state index contributed by atoms with van der Waals surface area (Å²) in [7, 11) is 0. The minimum Gasteiger partial charge on any atom is -0.366 e. The smallest absolute Gasteiger partial charge is 0.325 e. The number of nitrogens with one attached hydrogen (secondary N) is 1. The van der Waals surface area contributed by atoms with Crippen molar-refractivity contribution in [2.24, 2.45) is 11.7 Å². The molecule has 0 bridgehead atoms. The van der Waals surface area contributed by atoms with Gasteiger partial charge in [-0.2, -0.15) is 0 Å². The van der Waals surface area contributed by atoms with Crippen LogP contribution in [0.4, 0.5) is 13.6 Å². The summed E-state index contributed by atoms with van der Waals surface area (Å²) in [5.41, 5.74) is 4.52. The van der Waals surface area contributed by atoms with Crippen LogP contribution in [-0.2, 0) is 10.3 Å². The third-order valence-corrected chi connectivity index (χ3v) is 4.61. The molecule has 24 heavy (non-hydrogen) atoms. The van der Waals surface area contributed by atoms with Crippen molar-refractivity contribution >= 4 is 17.8 Å². The molecule has 1 aromatic carbocycles. The number of alkyl halides is 2. The highest BCUT2D eigenvalue weighted by Gasteiger charge is 2.52. The van der Waals surface area contributed by atoms with E-state index in [0.717, 1.165) is 4.90 Å². The average Bonchev–Trinajstić information content (AvgIpc) is 2.70. The Kier molecular flexibility index (Phi) is 3.58. The van der Waals surface area contributed by atoms with Crippen molar-refractivity contribution in [3.05, 3.63) is 35.4 Å². The molecular weight excluding hydrogens is 320 g/mol. The fourth-order valence-electron chi connectivity index (χ4n) is 3.21. The van der Waals surface area contributed by atoms with E-state index in [1.807, 2.05) is 0 Å². The third-order valence-electron chi connectivity index (χ3n) is 4.61. The molecule has 0 aromatic heterocycles. The molecule has 128 valence electrons. The van der Waals surface area contributed by atoms with E-state index in [-0.39, 0.29) is 24.9 Å². The monoisotopic (exact) mass is 337 g/mol.